The van der Waals surface area contributed by atoms with Crippen molar-refractivity contribution in [1.82, 2.24) is 4.98 Å². The molecule has 0 fully saturated rings. The molecule has 21 heavy (non-hydrogen) atoms. The fourth-order valence-electron chi connectivity index (χ4n) is 2.25. The summed E-state index contributed by atoms with van der Waals surface area (Å²) in [5, 5.41) is 19.4. The van der Waals surface area contributed by atoms with Crippen molar-refractivity contribution in [3.8, 4) is 6.07 Å². The largest absolute Gasteiger partial charge is 0.481 e. The summed E-state index contributed by atoms with van der Waals surface area (Å²) in [6, 6.07) is 5.81. The number of benzene rings is 1. The van der Waals surface area contributed by atoms with Crippen LogP contribution in [0, 0.1) is 18.3 Å². The molecule has 0 aliphatic heterocycles. The van der Waals surface area contributed by atoms with Crippen molar-refractivity contribution in [3.63, 3.8) is 0 Å². The lowest BCUT2D eigenvalue weighted by molar-refractivity contribution is -0.136. The van der Waals surface area contributed by atoms with Crippen molar-refractivity contribution in [2.24, 2.45) is 0 Å². The number of aryl methyl sites for hydroxylation is 1. The highest BCUT2D eigenvalue weighted by atomic mass is 35.5. The highest BCUT2D eigenvalue weighted by molar-refractivity contribution is 6.35. The van der Waals surface area contributed by atoms with Crippen molar-refractivity contribution in [2.75, 3.05) is 18.5 Å². The minimum absolute atomic E-state index is 0.00919. The fourth-order valence-corrected chi connectivity index (χ4v) is 2.57. The first-order valence-electron chi connectivity index (χ1n) is 6.36. The molecule has 108 valence electrons. The van der Waals surface area contributed by atoms with Crippen LogP contribution in [0.3, 0.4) is 0 Å². The molecular weight excluding hydrogens is 290 g/mol. The molecular formula is C15H14ClN3O2. The number of nitrogens with zero attached hydrogens (tertiary/aromatic N) is 3. The minimum atomic E-state index is -0.882. The van der Waals surface area contributed by atoms with Gasteiger partial charge in [0.25, 0.3) is 0 Å². The smallest absolute Gasteiger partial charge is 0.305 e. The SMILES string of the molecule is Cc1cc(Cl)c2ncc(C#N)c(N(C)CCC(=O)O)c2c1. The molecule has 2 rings (SSSR count). The maximum Gasteiger partial charge on any atom is 0.305 e. The van der Waals surface area contributed by atoms with Gasteiger partial charge < -0.3 is 10.0 Å². The zero-order chi connectivity index (χ0) is 15.6. The van der Waals surface area contributed by atoms with Crippen molar-refractivity contribution in [2.45, 2.75) is 13.3 Å². The molecule has 0 saturated heterocycles. The van der Waals surface area contributed by atoms with Gasteiger partial charge >= 0.3 is 5.97 Å². The molecule has 2 aromatic rings. The number of aromatic nitrogens is 1. The van der Waals surface area contributed by atoms with Crippen LogP contribution in [-0.2, 0) is 4.79 Å². The number of carbonyl (C=O) groups is 1. The first kappa shape index (κ1) is 15.1. The number of pyridine rings is 1. The summed E-state index contributed by atoms with van der Waals surface area (Å²) in [4.78, 5) is 16.7. The normalized spacial score (nSPS) is 10.4. The van der Waals surface area contributed by atoms with Gasteiger partial charge in [-0.2, -0.15) is 5.26 Å². The third-order valence-electron chi connectivity index (χ3n) is 3.20. The number of anilines is 1. The van der Waals surface area contributed by atoms with E-state index >= 15 is 0 Å². The van der Waals surface area contributed by atoms with Crippen LogP contribution in [0.4, 0.5) is 5.69 Å². The number of rotatable bonds is 4. The van der Waals surface area contributed by atoms with Crippen molar-refractivity contribution < 1.29 is 9.90 Å². The standard InChI is InChI=1S/C15H14ClN3O2/c1-9-5-11-14(12(16)6-9)18-8-10(7-17)15(11)19(2)4-3-13(20)21/h5-6,8H,3-4H2,1-2H3,(H,20,21). The number of aliphatic carboxylic acids is 1. The molecule has 0 spiro atoms. The van der Waals surface area contributed by atoms with Crippen LogP contribution >= 0.6 is 11.6 Å². The Kier molecular flexibility index (Phi) is 4.29. The first-order valence-corrected chi connectivity index (χ1v) is 6.73. The Morgan fingerprint density at radius 3 is 2.86 bits per heavy atom. The van der Waals surface area contributed by atoms with Crippen molar-refractivity contribution in [3.05, 3.63) is 34.5 Å². The van der Waals surface area contributed by atoms with Gasteiger partial charge in [-0.25, -0.2) is 0 Å². The highest BCUT2D eigenvalue weighted by Gasteiger charge is 2.16. The van der Waals surface area contributed by atoms with Gasteiger partial charge in [0.2, 0.25) is 0 Å². The molecule has 5 nitrogen and oxygen atoms in total. The van der Waals surface area contributed by atoms with Crippen LogP contribution < -0.4 is 4.90 Å². The highest BCUT2D eigenvalue weighted by Crippen LogP contribution is 2.33. The molecule has 1 N–H and O–H groups in total. The van der Waals surface area contributed by atoms with Crippen molar-refractivity contribution in [1.29, 1.82) is 5.26 Å². The van der Waals surface area contributed by atoms with Gasteiger partial charge in [0, 0.05) is 25.2 Å². The number of halogens is 1. The first-order chi connectivity index (χ1) is 9.93. The fraction of sp³-hybridized carbons (Fsp3) is 0.267. The average molecular weight is 304 g/mol. The van der Waals surface area contributed by atoms with Gasteiger partial charge in [0.15, 0.2) is 0 Å². The summed E-state index contributed by atoms with van der Waals surface area (Å²) >= 11 is 6.20. The summed E-state index contributed by atoms with van der Waals surface area (Å²) in [5.41, 5.74) is 2.63. The van der Waals surface area contributed by atoms with Crippen LogP contribution in [-0.4, -0.2) is 29.7 Å². The summed E-state index contributed by atoms with van der Waals surface area (Å²) in [7, 11) is 1.76. The minimum Gasteiger partial charge on any atom is -0.481 e. The molecule has 0 radical (unpaired) electrons. The third-order valence-corrected chi connectivity index (χ3v) is 3.49. The molecule has 1 aromatic heterocycles. The lowest BCUT2D eigenvalue weighted by Crippen LogP contribution is -2.22. The number of nitriles is 1. The Balaban J connectivity index is 2.63. The second-order valence-electron chi connectivity index (χ2n) is 4.84. The van der Waals surface area contributed by atoms with Gasteiger partial charge in [0.1, 0.15) is 6.07 Å². The lowest BCUT2D eigenvalue weighted by Gasteiger charge is -2.22. The van der Waals surface area contributed by atoms with E-state index < -0.39 is 5.97 Å². The van der Waals surface area contributed by atoms with E-state index in [0.29, 0.717) is 28.3 Å². The second-order valence-corrected chi connectivity index (χ2v) is 5.25. The monoisotopic (exact) mass is 303 g/mol. The zero-order valence-corrected chi connectivity index (χ0v) is 12.5. The lowest BCUT2D eigenvalue weighted by atomic mass is 10.1. The van der Waals surface area contributed by atoms with Gasteiger partial charge in [-0.15, -0.1) is 0 Å². The molecule has 6 heteroatoms. The molecule has 1 heterocycles. The number of hydrogen-bond acceptors (Lipinski definition) is 4. The predicted octanol–water partition coefficient (Wildman–Crippen LogP) is 2.98. The summed E-state index contributed by atoms with van der Waals surface area (Å²) in [6.45, 7) is 2.21. The van der Waals surface area contributed by atoms with Crippen molar-refractivity contribution >= 4 is 34.2 Å². The molecule has 1 aromatic carbocycles. The van der Waals surface area contributed by atoms with Gasteiger partial charge in [-0.05, 0) is 24.6 Å². The van der Waals surface area contributed by atoms with E-state index in [1.54, 1.807) is 11.9 Å². The van der Waals surface area contributed by atoms with E-state index in [4.69, 9.17) is 16.7 Å². The molecule has 0 amide bonds. The third kappa shape index (κ3) is 3.06. The predicted molar refractivity (Wildman–Crippen MR) is 81.7 cm³/mol. The van der Waals surface area contributed by atoms with Crippen LogP contribution in [0.25, 0.3) is 10.9 Å². The zero-order valence-electron chi connectivity index (χ0n) is 11.7. The summed E-state index contributed by atoms with van der Waals surface area (Å²) in [6.07, 6.45) is 1.46. The van der Waals surface area contributed by atoms with E-state index in [0.717, 1.165) is 10.9 Å². The Hall–Kier alpha value is -2.32. The topological polar surface area (TPSA) is 77.2 Å². The maximum atomic E-state index is 10.7. The van der Waals surface area contributed by atoms with Gasteiger partial charge in [-0.3, -0.25) is 9.78 Å². The quantitative estimate of drug-likeness (QED) is 0.939. The molecule has 0 unspecified atom stereocenters. The van der Waals surface area contributed by atoms with Gasteiger partial charge in [0.05, 0.1) is 28.2 Å². The molecule has 0 bridgehead atoms. The average Bonchev–Trinajstić information content (AvgIpc) is 2.43. The number of carboxylic acid groups (broad SMARTS) is 1. The Morgan fingerprint density at radius 1 is 1.52 bits per heavy atom. The molecule has 0 aliphatic carbocycles. The van der Waals surface area contributed by atoms with Crippen LogP contribution in [0.2, 0.25) is 5.02 Å². The molecule has 0 aliphatic rings. The van der Waals surface area contributed by atoms with E-state index in [1.807, 2.05) is 19.1 Å². The number of hydrogen-bond donors (Lipinski definition) is 1. The van der Waals surface area contributed by atoms with E-state index in [2.05, 4.69) is 11.1 Å². The van der Waals surface area contributed by atoms with Crippen LogP contribution in [0.15, 0.2) is 18.3 Å². The maximum absolute atomic E-state index is 10.7. The molecule has 0 atom stereocenters. The Morgan fingerprint density at radius 2 is 2.24 bits per heavy atom. The van der Waals surface area contributed by atoms with Crippen LogP contribution in [0.5, 0.6) is 0 Å². The van der Waals surface area contributed by atoms with Gasteiger partial charge in [-0.1, -0.05) is 11.6 Å². The van der Waals surface area contributed by atoms with E-state index in [9.17, 15) is 10.1 Å². The van der Waals surface area contributed by atoms with E-state index in [-0.39, 0.29) is 6.42 Å². The Bertz CT molecular complexity index is 753. The van der Waals surface area contributed by atoms with Crippen LogP contribution in [0.1, 0.15) is 17.5 Å². The number of fused-ring (bicyclic) bond motifs is 1. The van der Waals surface area contributed by atoms with E-state index in [1.165, 1.54) is 6.20 Å². The second kappa shape index (κ2) is 5.98. The molecule has 0 saturated carbocycles. The Labute approximate surface area is 127 Å². The number of carboxylic acids is 1. The summed E-state index contributed by atoms with van der Waals surface area (Å²) < 4.78 is 0. The summed E-state index contributed by atoms with van der Waals surface area (Å²) in [5.74, 6) is -0.882.